The molecule has 0 unspecified atom stereocenters. The van der Waals surface area contributed by atoms with E-state index in [9.17, 15) is 0 Å². The molecule has 1 aliphatic rings. The van der Waals surface area contributed by atoms with Gasteiger partial charge in [0.1, 0.15) is 5.82 Å². The quantitative estimate of drug-likeness (QED) is 0.496. The van der Waals surface area contributed by atoms with Gasteiger partial charge in [0.15, 0.2) is 0 Å². The zero-order valence-electron chi connectivity index (χ0n) is 9.88. The lowest BCUT2D eigenvalue weighted by molar-refractivity contribution is 0.736. The Hall–Kier alpha value is -1.52. The molecule has 1 aromatic rings. The zero-order chi connectivity index (χ0) is 11.7. The number of nitrogens with one attached hydrogen (secondary N) is 2. The molecular weight excluding hydrogens is 202 g/mol. The molecule has 0 aromatic carbocycles. The number of hydrogen-bond acceptors (Lipinski definition) is 3. The summed E-state index contributed by atoms with van der Waals surface area (Å²) in [6.07, 6.45) is 3.36. The molecule has 5 nitrogen and oxygen atoms in total. The minimum Gasteiger partial charge on any atom is -0.370 e. The Morgan fingerprint density at radius 2 is 2.25 bits per heavy atom. The first-order valence-electron chi connectivity index (χ1n) is 5.81. The molecule has 16 heavy (non-hydrogen) atoms. The minimum atomic E-state index is -0.0162. The lowest BCUT2D eigenvalue weighted by Gasteiger charge is -2.06. The van der Waals surface area contributed by atoms with Crippen LogP contribution in [0.25, 0.3) is 0 Å². The van der Waals surface area contributed by atoms with Gasteiger partial charge in [0.25, 0.3) is 0 Å². The molecule has 2 rings (SSSR count). The molecule has 0 fully saturated rings. The lowest BCUT2D eigenvalue weighted by Crippen LogP contribution is -2.24. The predicted octanol–water partition coefficient (Wildman–Crippen LogP) is 1.50. The predicted molar refractivity (Wildman–Crippen MR) is 65.1 cm³/mol. The smallest absolute Gasteiger partial charge is 0.215 e. The summed E-state index contributed by atoms with van der Waals surface area (Å²) in [6.45, 7) is 5.18. The van der Waals surface area contributed by atoms with Gasteiger partial charge < -0.3 is 11.1 Å². The summed E-state index contributed by atoms with van der Waals surface area (Å²) in [6, 6.07) is 0. The van der Waals surface area contributed by atoms with Crippen LogP contribution in [0.1, 0.15) is 43.9 Å². The largest absolute Gasteiger partial charge is 0.370 e. The standard InChI is InChI=1S/C11H19N5/c1-7(2)9-8-5-3-4-6-14-10(8)16(15-9)11(12)13/h7,14H,3-6H2,1-2H3,(H3,12,13). The van der Waals surface area contributed by atoms with Gasteiger partial charge in [-0.2, -0.15) is 9.78 Å². The van der Waals surface area contributed by atoms with Crippen LogP contribution in [0, 0.1) is 5.41 Å². The van der Waals surface area contributed by atoms with Crippen molar-refractivity contribution in [3.05, 3.63) is 11.3 Å². The van der Waals surface area contributed by atoms with Gasteiger partial charge in [-0.1, -0.05) is 13.8 Å². The summed E-state index contributed by atoms with van der Waals surface area (Å²) in [5, 5.41) is 15.3. The normalized spacial score (nSPS) is 15.4. The summed E-state index contributed by atoms with van der Waals surface area (Å²) < 4.78 is 1.52. The highest BCUT2D eigenvalue weighted by Gasteiger charge is 2.22. The molecule has 0 saturated heterocycles. The van der Waals surface area contributed by atoms with Gasteiger partial charge in [0, 0.05) is 12.1 Å². The second-order valence-corrected chi connectivity index (χ2v) is 4.55. The van der Waals surface area contributed by atoms with Crippen molar-refractivity contribution in [1.29, 1.82) is 5.41 Å². The van der Waals surface area contributed by atoms with Crippen LogP contribution in [0.2, 0.25) is 0 Å². The number of anilines is 1. The number of hydrogen-bond donors (Lipinski definition) is 3. The van der Waals surface area contributed by atoms with Gasteiger partial charge in [0.2, 0.25) is 5.96 Å². The summed E-state index contributed by atoms with van der Waals surface area (Å²) in [4.78, 5) is 0. The maximum atomic E-state index is 7.54. The Balaban J connectivity index is 2.53. The van der Waals surface area contributed by atoms with Crippen molar-refractivity contribution >= 4 is 11.8 Å². The number of nitrogens with zero attached hydrogens (tertiary/aromatic N) is 2. The van der Waals surface area contributed by atoms with Crippen LogP contribution < -0.4 is 11.1 Å². The topological polar surface area (TPSA) is 79.7 Å². The first-order valence-corrected chi connectivity index (χ1v) is 5.81. The van der Waals surface area contributed by atoms with E-state index >= 15 is 0 Å². The van der Waals surface area contributed by atoms with Crippen molar-refractivity contribution in [2.75, 3.05) is 11.9 Å². The van der Waals surface area contributed by atoms with E-state index in [1.165, 1.54) is 16.7 Å². The van der Waals surface area contributed by atoms with Crippen LogP contribution in [0.4, 0.5) is 5.82 Å². The molecule has 1 aromatic heterocycles. The van der Waals surface area contributed by atoms with Crippen molar-refractivity contribution in [2.45, 2.75) is 39.0 Å². The second kappa shape index (κ2) is 4.15. The third-order valence-electron chi connectivity index (χ3n) is 2.94. The average Bonchev–Trinajstić information content (AvgIpc) is 2.41. The van der Waals surface area contributed by atoms with Crippen LogP contribution in [0.3, 0.4) is 0 Å². The lowest BCUT2D eigenvalue weighted by atomic mass is 10.0. The van der Waals surface area contributed by atoms with E-state index in [1.54, 1.807) is 0 Å². The van der Waals surface area contributed by atoms with E-state index in [1.807, 2.05) is 0 Å². The summed E-state index contributed by atoms with van der Waals surface area (Å²) in [5.41, 5.74) is 7.85. The van der Waals surface area contributed by atoms with Crippen LogP contribution >= 0.6 is 0 Å². The molecule has 4 N–H and O–H groups in total. The van der Waals surface area contributed by atoms with Gasteiger partial charge in [-0.15, -0.1) is 0 Å². The van der Waals surface area contributed by atoms with Crippen molar-refractivity contribution in [3.8, 4) is 0 Å². The molecule has 0 amide bonds. The maximum Gasteiger partial charge on any atom is 0.215 e. The summed E-state index contributed by atoms with van der Waals surface area (Å²) in [7, 11) is 0. The SMILES string of the molecule is CC(C)c1nn(C(=N)N)c2c1CCCCN2. The fourth-order valence-electron chi connectivity index (χ4n) is 2.17. The Morgan fingerprint density at radius 3 is 2.88 bits per heavy atom. The second-order valence-electron chi connectivity index (χ2n) is 4.55. The van der Waals surface area contributed by atoms with E-state index in [0.29, 0.717) is 5.92 Å². The Kier molecular flexibility index (Phi) is 2.85. The summed E-state index contributed by atoms with van der Waals surface area (Å²) in [5.74, 6) is 1.28. The molecule has 0 bridgehead atoms. The van der Waals surface area contributed by atoms with Gasteiger partial charge in [0.05, 0.1) is 5.69 Å². The molecule has 0 aliphatic carbocycles. The fraction of sp³-hybridized carbons (Fsp3) is 0.636. The molecule has 2 heterocycles. The van der Waals surface area contributed by atoms with Crippen LogP contribution in [0.5, 0.6) is 0 Å². The van der Waals surface area contributed by atoms with Crippen molar-refractivity contribution in [3.63, 3.8) is 0 Å². The number of nitrogens with two attached hydrogens (primary N) is 1. The Labute approximate surface area is 95.5 Å². The monoisotopic (exact) mass is 221 g/mol. The molecule has 88 valence electrons. The van der Waals surface area contributed by atoms with Gasteiger partial charge >= 0.3 is 0 Å². The molecule has 0 radical (unpaired) electrons. The first-order chi connectivity index (χ1) is 7.61. The van der Waals surface area contributed by atoms with E-state index in [-0.39, 0.29) is 5.96 Å². The van der Waals surface area contributed by atoms with Crippen molar-refractivity contribution < 1.29 is 0 Å². The van der Waals surface area contributed by atoms with Gasteiger partial charge in [-0.05, 0) is 25.2 Å². The average molecular weight is 221 g/mol. The first kappa shape index (κ1) is 11.0. The zero-order valence-corrected chi connectivity index (χ0v) is 9.88. The molecular formula is C11H19N5. The van der Waals surface area contributed by atoms with Crippen molar-refractivity contribution in [2.24, 2.45) is 5.73 Å². The third kappa shape index (κ3) is 1.77. The van der Waals surface area contributed by atoms with Crippen LogP contribution in [-0.4, -0.2) is 22.3 Å². The highest BCUT2D eigenvalue weighted by molar-refractivity contribution is 5.81. The molecule has 1 aliphatic heterocycles. The molecule has 5 heteroatoms. The molecule has 0 spiro atoms. The highest BCUT2D eigenvalue weighted by atomic mass is 15.4. The van der Waals surface area contributed by atoms with Crippen molar-refractivity contribution in [1.82, 2.24) is 9.78 Å². The van der Waals surface area contributed by atoms with E-state index in [4.69, 9.17) is 11.1 Å². The Morgan fingerprint density at radius 1 is 1.50 bits per heavy atom. The third-order valence-corrected chi connectivity index (χ3v) is 2.94. The fourth-order valence-corrected chi connectivity index (χ4v) is 2.17. The maximum absolute atomic E-state index is 7.54. The molecule has 0 saturated carbocycles. The summed E-state index contributed by atoms with van der Waals surface area (Å²) >= 11 is 0. The number of rotatable bonds is 1. The number of aromatic nitrogens is 2. The molecule has 0 atom stereocenters. The van der Waals surface area contributed by atoms with Gasteiger partial charge in [-0.25, -0.2) is 0 Å². The number of nitrogen functional groups attached to an aromatic ring is 1. The van der Waals surface area contributed by atoms with E-state index < -0.39 is 0 Å². The van der Waals surface area contributed by atoms with E-state index in [0.717, 1.165) is 30.9 Å². The van der Waals surface area contributed by atoms with E-state index in [2.05, 4.69) is 24.3 Å². The Bertz CT molecular complexity index is 405. The minimum absolute atomic E-state index is 0.0162. The van der Waals surface area contributed by atoms with Crippen LogP contribution in [-0.2, 0) is 6.42 Å². The highest BCUT2D eigenvalue weighted by Crippen LogP contribution is 2.29. The van der Waals surface area contributed by atoms with Gasteiger partial charge in [-0.3, -0.25) is 5.41 Å². The van der Waals surface area contributed by atoms with Crippen LogP contribution in [0.15, 0.2) is 0 Å². The number of fused-ring (bicyclic) bond motifs is 1.